The zero-order valence-corrected chi connectivity index (χ0v) is 11.4. The van der Waals surface area contributed by atoms with Crippen LogP contribution in [-0.2, 0) is 0 Å². The summed E-state index contributed by atoms with van der Waals surface area (Å²) in [5.41, 5.74) is 0.466. The van der Waals surface area contributed by atoms with Crippen molar-refractivity contribution in [3.63, 3.8) is 0 Å². The maximum absolute atomic E-state index is 8.92. The molecule has 1 atom stereocenters. The van der Waals surface area contributed by atoms with E-state index in [0.717, 1.165) is 19.5 Å². The molecule has 1 N–H and O–H groups in total. The van der Waals surface area contributed by atoms with E-state index in [9.17, 15) is 0 Å². The molecule has 1 aromatic heterocycles. The van der Waals surface area contributed by atoms with Gasteiger partial charge in [0, 0.05) is 31.4 Å². The lowest BCUT2D eigenvalue weighted by Gasteiger charge is -2.20. The van der Waals surface area contributed by atoms with Crippen LogP contribution in [0.15, 0.2) is 12.3 Å². The second-order valence-corrected chi connectivity index (χ2v) is 5.23. The molecule has 2 heterocycles. The summed E-state index contributed by atoms with van der Waals surface area (Å²) in [6, 6.07) is 4.61. The van der Waals surface area contributed by atoms with E-state index in [1.165, 1.54) is 0 Å². The molecule has 4 nitrogen and oxygen atoms in total. The van der Waals surface area contributed by atoms with E-state index in [1.807, 2.05) is 0 Å². The molecule has 1 aromatic rings. The molecule has 1 fully saturated rings. The fourth-order valence-corrected chi connectivity index (χ4v) is 2.41. The summed E-state index contributed by atoms with van der Waals surface area (Å²) in [5, 5.41) is 12.7. The van der Waals surface area contributed by atoms with Crippen LogP contribution in [0.5, 0.6) is 0 Å². The highest BCUT2D eigenvalue weighted by molar-refractivity contribution is 6.34. The maximum Gasteiger partial charge on any atom is 0.146 e. The molecule has 0 aliphatic carbocycles. The Hall–Kier alpha value is -1.31. The third-order valence-electron chi connectivity index (χ3n) is 3.30. The third-order valence-corrected chi connectivity index (χ3v) is 3.68. The SMILES string of the molecule is CC(C)N1CC[C@@H](Nc2nccc(C#N)c2Cl)C1. The van der Waals surface area contributed by atoms with E-state index in [2.05, 4.69) is 35.1 Å². The van der Waals surface area contributed by atoms with Gasteiger partial charge in [-0.25, -0.2) is 4.98 Å². The van der Waals surface area contributed by atoms with Crippen molar-refractivity contribution >= 4 is 17.4 Å². The number of halogens is 1. The van der Waals surface area contributed by atoms with Crippen LogP contribution in [0.1, 0.15) is 25.8 Å². The second-order valence-electron chi connectivity index (χ2n) is 4.85. The van der Waals surface area contributed by atoms with Gasteiger partial charge < -0.3 is 5.32 Å². The lowest BCUT2D eigenvalue weighted by atomic mass is 10.2. The molecule has 5 heteroatoms. The number of nitriles is 1. The fourth-order valence-electron chi connectivity index (χ4n) is 2.20. The first-order valence-corrected chi connectivity index (χ1v) is 6.54. The van der Waals surface area contributed by atoms with E-state index < -0.39 is 0 Å². The van der Waals surface area contributed by atoms with Gasteiger partial charge in [-0.2, -0.15) is 5.26 Å². The van der Waals surface area contributed by atoms with Crippen LogP contribution in [0, 0.1) is 11.3 Å². The summed E-state index contributed by atoms with van der Waals surface area (Å²) in [4.78, 5) is 6.62. The Balaban J connectivity index is 2.05. The van der Waals surface area contributed by atoms with Crippen LogP contribution in [0.2, 0.25) is 5.02 Å². The minimum atomic E-state index is 0.353. The smallest absolute Gasteiger partial charge is 0.146 e. The summed E-state index contributed by atoms with van der Waals surface area (Å²) in [6.07, 6.45) is 2.69. The molecule has 0 unspecified atom stereocenters. The first-order chi connectivity index (χ1) is 8.61. The van der Waals surface area contributed by atoms with Crippen LogP contribution in [0.3, 0.4) is 0 Å². The molecule has 0 bridgehead atoms. The van der Waals surface area contributed by atoms with Crippen molar-refractivity contribution < 1.29 is 0 Å². The molecule has 0 amide bonds. The van der Waals surface area contributed by atoms with Gasteiger partial charge >= 0.3 is 0 Å². The normalized spacial score (nSPS) is 20.1. The summed E-state index contributed by atoms with van der Waals surface area (Å²) in [7, 11) is 0. The number of aromatic nitrogens is 1. The lowest BCUT2D eigenvalue weighted by Crippen LogP contribution is -2.31. The summed E-state index contributed by atoms with van der Waals surface area (Å²) in [5.74, 6) is 0.617. The van der Waals surface area contributed by atoms with Gasteiger partial charge in [0.25, 0.3) is 0 Å². The number of hydrogen-bond donors (Lipinski definition) is 1. The molecule has 18 heavy (non-hydrogen) atoms. The Kier molecular flexibility index (Phi) is 4.05. The summed E-state index contributed by atoms with van der Waals surface area (Å²) in [6.45, 7) is 6.48. The average molecular weight is 265 g/mol. The Morgan fingerprint density at radius 1 is 1.61 bits per heavy atom. The van der Waals surface area contributed by atoms with Crippen LogP contribution < -0.4 is 5.32 Å². The number of likely N-dealkylation sites (tertiary alicyclic amines) is 1. The predicted molar refractivity (Wildman–Crippen MR) is 72.7 cm³/mol. The largest absolute Gasteiger partial charge is 0.365 e. The standard InChI is InChI=1S/C13H17ClN4/c1-9(2)18-6-4-11(8-18)17-13-12(14)10(7-15)3-5-16-13/h3,5,9,11H,4,6,8H2,1-2H3,(H,16,17)/t11-/m1/s1. The molecule has 96 valence electrons. The highest BCUT2D eigenvalue weighted by Gasteiger charge is 2.24. The number of anilines is 1. The average Bonchev–Trinajstić information content (AvgIpc) is 2.80. The van der Waals surface area contributed by atoms with Crippen LogP contribution >= 0.6 is 11.6 Å². The van der Waals surface area contributed by atoms with Gasteiger partial charge in [0.15, 0.2) is 0 Å². The minimum Gasteiger partial charge on any atom is -0.365 e. The van der Waals surface area contributed by atoms with E-state index in [-0.39, 0.29) is 0 Å². The highest BCUT2D eigenvalue weighted by Crippen LogP contribution is 2.25. The quantitative estimate of drug-likeness (QED) is 0.911. The first-order valence-electron chi connectivity index (χ1n) is 6.17. The zero-order chi connectivity index (χ0) is 13.1. The molecule has 1 saturated heterocycles. The van der Waals surface area contributed by atoms with Crippen LogP contribution in [0.25, 0.3) is 0 Å². The molecule has 1 aliphatic heterocycles. The molecular weight excluding hydrogens is 248 g/mol. The monoisotopic (exact) mass is 264 g/mol. The highest BCUT2D eigenvalue weighted by atomic mass is 35.5. The van der Waals surface area contributed by atoms with Crippen molar-refractivity contribution in [2.24, 2.45) is 0 Å². The molecule has 0 aromatic carbocycles. The van der Waals surface area contributed by atoms with Crippen molar-refractivity contribution in [2.75, 3.05) is 18.4 Å². The molecular formula is C13H17ClN4. The topological polar surface area (TPSA) is 52.0 Å². The fraction of sp³-hybridized carbons (Fsp3) is 0.538. The Labute approximate surface area is 113 Å². The Bertz CT molecular complexity index is 467. The number of nitrogens with zero attached hydrogens (tertiary/aromatic N) is 3. The van der Waals surface area contributed by atoms with E-state index >= 15 is 0 Å². The zero-order valence-electron chi connectivity index (χ0n) is 10.7. The van der Waals surface area contributed by atoms with Gasteiger partial charge in [-0.3, -0.25) is 4.90 Å². The van der Waals surface area contributed by atoms with Crippen LogP contribution in [0.4, 0.5) is 5.82 Å². The molecule has 0 saturated carbocycles. The van der Waals surface area contributed by atoms with Gasteiger partial charge in [-0.1, -0.05) is 11.6 Å². The molecule has 2 rings (SSSR count). The molecule has 0 spiro atoms. The third kappa shape index (κ3) is 2.74. The van der Waals surface area contributed by atoms with E-state index in [4.69, 9.17) is 16.9 Å². The summed E-state index contributed by atoms with van der Waals surface area (Å²) >= 11 is 6.13. The van der Waals surface area contributed by atoms with Crippen molar-refractivity contribution in [3.8, 4) is 6.07 Å². The van der Waals surface area contributed by atoms with E-state index in [1.54, 1.807) is 12.3 Å². The lowest BCUT2D eigenvalue weighted by molar-refractivity contribution is 0.274. The van der Waals surface area contributed by atoms with Gasteiger partial charge in [0.1, 0.15) is 16.9 Å². The molecule has 1 aliphatic rings. The first kappa shape index (κ1) is 13.1. The summed E-state index contributed by atoms with van der Waals surface area (Å²) < 4.78 is 0. The van der Waals surface area contributed by atoms with Crippen molar-refractivity contribution in [3.05, 3.63) is 22.8 Å². The maximum atomic E-state index is 8.92. The van der Waals surface area contributed by atoms with Crippen molar-refractivity contribution in [1.29, 1.82) is 5.26 Å². The van der Waals surface area contributed by atoms with Crippen molar-refractivity contribution in [1.82, 2.24) is 9.88 Å². The predicted octanol–water partition coefficient (Wildman–Crippen LogP) is 2.50. The number of nitrogens with one attached hydrogen (secondary N) is 1. The van der Waals surface area contributed by atoms with Gasteiger partial charge in [0.2, 0.25) is 0 Å². The van der Waals surface area contributed by atoms with E-state index in [0.29, 0.717) is 28.5 Å². The second kappa shape index (κ2) is 5.55. The van der Waals surface area contributed by atoms with Crippen molar-refractivity contribution in [2.45, 2.75) is 32.4 Å². The Morgan fingerprint density at radius 3 is 3.00 bits per heavy atom. The molecule has 0 radical (unpaired) electrons. The number of rotatable bonds is 3. The van der Waals surface area contributed by atoms with Gasteiger partial charge in [-0.05, 0) is 26.3 Å². The number of pyridine rings is 1. The minimum absolute atomic E-state index is 0.353. The van der Waals surface area contributed by atoms with Gasteiger partial charge in [0.05, 0.1) is 5.56 Å². The van der Waals surface area contributed by atoms with Gasteiger partial charge in [-0.15, -0.1) is 0 Å². The number of hydrogen-bond acceptors (Lipinski definition) is 4. The Morgan fingerprint density at radius 2 is 2.39 bits per heavy atom. The van der Waals surface area contributed by atoms with Crippen LogP contribution in [-0.4, -0.2) is 35.1 Å².